The van der Waals surface area contributed by atoms with Crippen LogP contribution in [0.2, 0.25) is 0 Å². The molecule has 2 aromatic carbocycles. The van der Waals surface area contributed by atoms with Crippen molar-refractivity contribution in [1.29, 1.82) is 0 Å². The van der Waals surface area contributed by atoms with E-state index in [4.69, 9.17) is 77.9 Å². The molecular weight excluding hydrogens is 1680 g/mol. The molecule has 0 spiro atoms. The maximum absolute atomic E-state index is 14.7. The van der Waals surface area contributed by atoms with Crippen molar-refractivity contribution in [2.24, 2.45) is 28.6 Å². The number of amides is 8. The number of hydrogen-bond donors (Lipinski definition) is 8. The Labute approximate surface area is 737 Å². The number of hydrogen-bond acceptors (Lipinski definition) is 29. The zero-order chi connectivity index (χ0) is 89.6. The SMILES string of the molecule is CCC(=O)OC1(C(=O)COCNC(=O)CNC(=O)[C@H](CCC(=O)O)NC(=O)CNC(=O)[C@H](CCCCNC(=O)CCOCCOCCOCCOCCOCCOCCOCCOCCOCCOCCOCCOC)NC(=O)CCN2C(=O)C(Sc3ccccc3)=C(Sc3ccccc3)C2=O)[C@@H](C)C[C@H]2[C@@H]3CCC4=CC(=O)C=C[C@]4(C)[C@@]3(Cl)[C@@H](O)C[C@@]21C. The molecule has 8 N–H and O–H groups in total. The fourth-order valence-electron chi connectivity index (χ4n) is 15.7. The minimum atomic E-state index is -1.78. The minimum Gasteiger partial charge on any atom is -0.481 e. The maximum Gasteiger partial charge on any atom is 0.306 e. The zero-order valence-corrected chi connectivity index (χ0v) is 74.0. The molecule has 690 valence electrons. The van der Waals surface area contributed by atoms with Crippen LogP contribution in [0, 0.1) is 28.6 Å². The van der Waals surface area contributed by atoms with Crippen LogP contribution in [0.3, 0.4) is 0 Å². The van der Waals surface area contributed by atoms with Crippen LogP contribution in [-0.2, 0) is 124 Å². The number of halogens is 1. The molecule has 3 saturated carbocycles. The van der Waals surface area contributed by atoms with Crippen LogP contribution in [0.1, 0.15) is 105 Å². The number of carboxylic acid groups (broad SMARTS) is 1. The number of esters is 1. The number of aliphatic hydroxyl groups excluding tert-OH is 1. The van der Waals surface area contributed by atoms with Crippen molar-refractivity contribution >= 4 is 106 Å². The first-order valence-electron chi connectivity index (χ1n) is 42.3. The lowest BCUT2D eigenvalue weighted by Crippen LogP contribution is -2.69. The number of ketones is 2. The van der Waals surface area contributed by atoms with Crippen molar-refractivity contribution in [2.45, 2.75) is 143 Å². The van der Waals surface area contributed by atoms with E-state index in [0.29, 0.717) is 168 Å². The number of carboxylic acids is 1. The van der Waals surface area contributed by atoms with Gasteiger partial charge in [-0.15, -0.1) is 11.6 Å². The first kappa shape index (κ1) is 103. The molecule has 2 aromatic rings. The van der Waals surface area contributed by atoms with E-state index in [1.807, 2.05) is 26.0 Å². The molecule has 5 aliphatic rings. The smallest absolute Gasteiger partial charge is 0.306 e. The summed E-state index contributed by atoms with van der Waals surface area (Å²) in [7, 11) is 1.63. The summed E-state index contributed by atoms with van der Waals surface area (Å²) < 4.78 is 77.4. The van der Waals surface area contributed by atoms with Crippen LogP contribution < -0.4 is 31.9 Å². The van der Waals surface area contributed by atoms with Gasteiger partial charge in [0.1, 0.15) is 25.4 Å². The molecule has 10 atom stereocenters. The average molecular weight is 1800 g/mol. The number of unbranched alkanes of at least 4 members (excludes halogenated alkanes) is 1. The number of nitrogens with one attached hydrogen (secondary N) is 6. The third-order valence-electron chi connectivity index (χ3n) is 22.0. The molecule has 0 radical (unpaired) electrons. The van der Waals surface area contributed by atoms with E-state index in [9.17, 15) is 67.7 Å². The molecule has 3 fully saturated rings. The van der Waals surface area contributed by atoms with Crippen molar-refractivity contribution in [3.8, 4) is 0 Å². The first-order valence-corrected chi connectivity index (χ1v) is 44.3. The summed E-state index contributed by atoms with van der Waals surface area (Å²) in [6.45, 7) is 13.7. The third kappa shape index (κ3) is 32.3. The van der Waals surface area contributed by atoms with E-state index in [0.717, 1.165) is 34.0 Å². The first-order chi connectivity index (χ1) is 59.8. The highest BCUT2D eigenvalue weighted by Crippen LogP contribution is 2.72. The lowest BCUT2D eigenvalue weighted by atomic mass is 9.45. The Morgan fingerprint density at radius 2 is 1.02 bits per heavy atom. The van der Waals surface area contributed by atoms with Gasteiger partial charge in [0.15, 0.2) is 11.4 Å². The summed E-state index contributed by atoms with van der Waals surface area (Å²) in [5, 5.41) is 36.9. The molecule has 7 rings (SSSR count). The van der Waals surface area contributed by atoms with Gasteiger partial charge in [0, 0.05) is 72.4 Å². The molecule has 1 aliphatic heterocycles. The molecule has 35 nitrogen and oxygen atoms in total. The number of allylic oxidation sites excluding steroid dienone is 4. The summed E-state index contributed by atoms with van der Waals surface area (Å²) in [5.41, 5.74) is -2.98. The highest BCUT2D eigenvalue weighted by molar-refractivity contribution is 8.08. The van der Waals surface area contributed by atoms with Gasteiger partial charge in [0.25, 0.3) is 11.8 Å². The van der Waals surface area contributed by atoms with Gasteiger partial charge >= 0.3 is 11.9 Å². The molecule has 0 aromatic heterocycles. The Bertz CT molecular complexity index is 3790. The van der Waals surface area contributed by atoms with Gasteiger partial charge in [0.2, 0.25) is 41.2 Å². The molecule has 0 saturated heterocycles. The molecule has 4 aliphatic carbocycles. The molecule has 0 bridgehead atoms. The number of fused-ring (bicyclic) bond motifs is 5. The predicted octanol–water partition coefficient (Wildman–Crippen LogP) is 4.35. The Morgan fingerprint density at radius 3 is 1.51 bits per heavy atom. The Kier molecular flexibility index (Phi) is 46.5. The Morgan fingerprint density at radius 1 is 0.556 bits per heavy atom. The second-order valence-corrected chi connectivity index (χ2v) is 33.2. The van der Waals surface area contributed by atoms with Crippen molar-refractivity contribution in [2.75, 3.05) is 199 Å². The number of aliphatic hydroxyl groups is 1. The lowest BCUT2D eigenvalue weighted by molar-refractivity contribution is -0.203. The van der Waals surface area contributed by atoms with E-state index in [-0.39, 0.29) is 98.4 Å². The molecular formula is C86H124ClN7O28S2. The van der Waals surface area contributed by atoms with Gasteiger partial charge < -0.3 is 108 Å². The summed E-state index contributed by atoms with van der Waals surface area (Å²) in [6, 6.07) is 15.1. The van der Waals surface area contributed by atoms with Crippen molar-refractivity contribution in [1.82, 2.24) is 36.8 Å². The highest BCUT2D eigenvalue weighted by Gasteiger charge is 2.76. The number of methoxy groups -OCH3 is 1. The number of aliphatic carboxylic acids is 1. The van der Waals surface area contributed by atoms with E-state index < -0.39 is 150 Å². The molecule has 124 heavy (non-hydrogen) atoms. The second-order valence-electron chi connectivity index (χ2n) is 30.4. The summed E-state index contributed by atoms with van der Waals surface area (Å²) in [6.07, 6.45) is 4.01. The molecule has 8 amide bonds. The van der Waals surface area contributed by atoms with Crippen molar-refractivity contribution < 1.29 is 134 Å². The van der Waals surface area contributed by atoms with E-state index in [1.165, 1.54) is 6.08 Å². The predicted molar refractivity (Wildman–Crippen MR) is 453 cm³/mol. The van der Waals surface area contributed by atoms with Crippen molar-refractivity contribution in [3.63, 3.8) is 0 Å². The van der Waals surface area contributed by atoms with Gasteiger partial charge in [0.05, 0.1) is 186 Å². The van der Waals surface area contributed by atoms with E-state index in [1.54, 1.807) is 81.6 Å². The van der Waals surface area contributed by atoms with Crippen LogP contribution in [0.5, 0.6) is 0 Å². The Hall–Kier alpha value is -7.67. The average Bonchev–Trinajstić information content (AvgIpc) is 1.48. The van der Waals surface area contributed by atoms with Gasteiger partial charge in [-0.2, -0.15) is 0 Å². The standard InChI is InChI=1S/C86H124ClN7O28S2/c1-6-76(104)122-86(60(2)53-66-65-21-20-61-54-62(95)24-27-83(61,3)85(65,87)69(96)55-84(66,86)4)70(97)58-121-59-91-73(100)56-89-80(106)68(22-23-75(102)103)93-74(101)57-90-79(105)67(92-72(99)25-29-94-81(107)77(123-63-15-9-7-10-16-63)78(82(94)108)124-64-17-11-8-12-18-64)19-13-14-28-88-71(98)26-30-110-33-34-112-37-38-114-41-42-116-45-46-118-49-50-120-52-51-119-48-47-117-44-43-115-40-39-113-36-35-111-32-31-109-5/h7-12,15-18,24,27,54,60,65-69,96H,6,13-14,19-23,25-26,28-53,55-59H2,1-5H3,(H,88,98)(H,89,106)(H,90,105)(H,91,100)(H,92,99)(H,93,101)(H,102,103)/t60-,65-,66-,67-,68-,69-,83-,84-,85-,86?/m0/s1. The van der Waals surface area contributed by atoms with Gasteiger partial charge in [-0.3, -0.25) is 62.4 Å². The van der Waals surface area contributed by atoms with Crippen LogP contribution >= 0.6 is 35.1 Å². The number of Topliss-reactive ketones (excluding diaryl/α,β-unsaturated/α-hetero) is 1. The van der Waals surface area contributed by atoms with Crippen LogP contribution in [0.4, 0.5) is 0 Å². The fraction of sp³-hybridized carbons (Fsp3) is 0.651. The van der Waals surface area contributed by atoms with Gasteiger partial charge in [-0.05, 0) is 99.6 Å². The highest BCUT2D eigenvalue weighted by atomic mass is 35.5. The van der Waals surface area contributed by atoms with Crippen LogP contribution in [0.25, 0.3) is 0 Å². The largest absolute Gasteiger partial charge is 0.481 e. The fourth-order valence-corrected chi connectivity index (χ4v) is 18.3. The summed E-state index contributed by atoms with van der Waals surface area (Å²) in [5.74, 6) is -9.90. The zero-order valence-electron chi connectivity index (χ0n) is 71.6. The number of nitrogens with zero attached hydrogens (tertiary/aromatic N) is 1. The monoisotopic (exact) mass is 1800 g/mol. The van der Waals surface area contributed by atoms with Crippen LogP contribution in [-0.4, -0.2) is 313 Å². The minimum absolute atomic E-state index is 0.0276. The number of carbonyl (C=O) groups excluding carboxylic acids is 11. The molecule has 1 heterocycles. The third-order valence-corrected chi connectivity index (χ3v) is 25.2. The molecule has 1 unspecified atom stereocenters. The lowest BCUT2D eigenvalue weighted by Gasteiger charge is -2.64. The van der Waals surface area contributed by atoms with Crippen LogP contribution in [0.15, 0.2) is 104 Å². The number of alkyl halides is 1. The summed E-state index contributed by atoms with van der Waals surface area (Å²) in [4.78, 5) is 163. The van der Waals surface area contributed by atoms with Crippen molar-refractivity contribution in [3.05, 3.63) is 94.3 Å². The number of rotatable bonds is 66. The van der Waals surface area contributed by atoms with E-state index in [2.05, 4.69) is 31.9 Å². The number of benzene rings is 2. The maximum atomic E-state index is 14.7. The van der Waals surface area contributed by atoms with Gasteiger partial charge in [-0.25, -0.2) is 0 Å². The normalized spacial score (nSPS) is 21.8. The summed E-state index contributed by atoms with van der Waals surface area (Å²) >= 11 is 9.88. The van der Waals surface area contributed by atoms with Gasteiger partial charge in [-0.1, -0.05) is 99.3 Å². The molecule has 38 heteroatoms. The topological polar surface area (TPSA) is 450 Å². The second kappa shape index (κ2) is 55.8. The quantitative estimate of drug-likeness (QED) is 0.0150. The number of ether oxygens (including phenoxy) is 14. The van der Waals surface area contributed by atoms with E-state index >= 15 is 0 Å². The number of imide groups is 1. The Balaban J connectivity index is 0.792. The number of carbonyl (C=O) groups is 12. The number of thioether (sulfide) groups is 2.